The van der Waals surface area contributed by atoms with Crippen molar-refractivity contribution in [3.8, 4) is 0 Å². The highest BCUT2D eigenvalue weighted by molar-refractivity contribution is 5.37. The van der Waals surface area contributed by atoms with Gasteiger partial charge >= 0.3 is 0 Å². The first kappa shape index (κ1) is 10.6. The molecule has 0 heterocycles. The Hall–Kier alpha value is -0.340. The van der Waals surface area contributed by atoms with Gasteiger partial charge in [-0.1, -0.05) is 18.6 Å². The number of hydrogen-bond acceptors (Lipinski definition) is 2. The molecule has 2 N–H and O–H groups in total. The molecule has 3 fully saturated rings. The Bertz CT molecular complexity index is 388. The molecule has 7 unspecified atom stereocenters. The van der Waals surface area contributed by atoms with E-state index in [0.29, 0.717) is 23.2 Å². The van der Waals surface area contributed by atoms with Crippen LogP contribution in [0.4, 0.5) is 0 Å². The van der Waals surface area contributed by atoms with Gasteiger partial charge in [0.2, 0.25) is 0 Å². The van der Waals surface area contributed by atoms with Crippen molar-refractivity contribution in [1.82, 2.24) is 0 Å². The van der Waals surface area contributed by atoms with Crippen LogP contribution in [0.5, 0.6) is 0 Å². The monoisotopic (exact) mass is 234 g/mol. The molecule has 17 heavy (non-hydrogen) atoms. The standard InChI is InChI=1S/C15H22O2/c1-15-5-13(15)9-4-10(9)14-11(7-17)8(6-16)2-3-12(14)15/h3,8-11,13-14,16-17H,2,4-7H2,1H3. The van der Waals surface area contributed by atoms with E-state index in [4.69, 9.17) is 0 Å². The second-order valence-corrected chi connectivity index (χ2v) is 7.00. The summed E-state index contributed by atoms with van der Waals surface area (Å²) < 4.78 is 0. The van der Waals surface area contributed by atoms with E-state index in [1.807, 2.05) is 0 Å². The van der Waals surface area contributed by atoms with Gasteiger partial charge in [-0.3, -0.25) is 0 Å². The van der Waals surface area contributed by atoms with E-state index >= 15 is 0 Å². The first-order chi connectivity index (χ1) is 8.20. The number of fused-ring (bicyclic) bond motifs is 6. The SMILES string of the molecule is CC12CC1C1CC1C1C2=CCC(CO)C1CO. The summed E-state index contributed by atoms with van der Waals surface area (Å²) in [7, 11) is 0. The summed E-state index contributed by atoms with van der Waals surface area (Å²) >= 11 is 0. The van der Waals surface area contributed by atoms with Crippen molar-refractivity contribution in [3.63, 3.8) is 0 Å². The number of aliphatic hydroxyl groups excluding tert-OH is 2. The molecular formula is C15H22O2. The first-order valence-electron chi connectivity index (χ1n) is 7.13. The van der Waals surface area contributed by atoms with Crippen LogP contribution >= 0.6 is 0 Å². The van der Waals surface area contributed by atoms with Gasteiger partial charge in [0.1, 0.15) is 0 Å². The largest absolute Gasteiger partial charge is 0.396 e. The van der Waals surface area contributed by atoms with Crippen molar-refractivity contribution in [1.29, 1.82) is 0 Å². The van der Waals surface area contributed by atoms with Crippen LogP contribution in [-0.4, -0.2) is 23.4 Å². The van der Waals surface area contributed by atoms with Crippen molar-refractivity contribution >= 4 is 0 Å². The molecule has 0 aromatic rings. The molecule has 2 nitrogen and oxygen atoms in total. The predicted molar refractivity (Wildman–Crippen MR) is 65.2 cm³/mol. The highest BCUT2D eigenvalue weighted by Gasteiger charge is 2.70. The number of allylic oxidation sites excluding steroid dienone is 2. The van der Waals surface area contributed by atoms with Crippen LogP contribution in [0.15, 0.2) is 11.6 Å². The molecule has 3 saturated carbocycles. The molecule has 4 aliphatic rings. The van der Waals surface area contributed by atoms with Crippen LogP contribution in [0.3, 0.4) is 0 Å². The Labute approximate surface area is 103 Å². The van der Waals surface area contributed by atoms with Gasteiger partial charge in [-0.25, -0.2) is 0 Å². The Morgan fingerprint density at radius 2 is 2.12 bits per heavy atom. The lowest BCUT2D eigenvalue weighted by molar-refractivity contribution is 0.0630. The topological polar surface area (TPSA) is 40.5 Å². The molecule has 4 aliphatic carbocycles. The quantitative estimate of drug-likeness (QED) is 0.716. The van der Waals surface area contributed by atoms with Crippen molar-refractivity contribution < 1.29 is 10.2 Å². The van der Waals surface area contributed by atoms with E-state index in [0.717, 1.165) is 24.2 Å². The number of aliphatic hydroxyl groups is 2. The third-order valence-electron chi connectivity index (χ3n) is 6.34. The fraction of sp³-hybridized carbons (Fsp3) is 0.867. The van der Waals surface area contributed by atoms with Gasteiger partial charge in [0.05, 0.1) is 0 Å². The zero-order valence-electron chi connectivity index (χ0n) is 10.5. The molecule has 2 heteroatoms. The van der Waals surface area contributed by atoms with E-state index in [2.05, 4.69) is 13.0 Å². The van der Waals surface area contributed by atoms with E-state index < -0.39 is 0 Å². The first-order valence-corrected chi connectivity index (χ1v) is 7.13. The third-order valence-corrected chi connectivity index (χ3v) is 6.34. The van der Waals surface area contributed by atoms with E-state index in [9.17, 15) is 10.2 Å². The summed E-state index contributed by atoms with van der Waals surface area (Å²) in [4.78, 5) is 0. The third kappa shape index (κ3) is 1.18. The maximum atomic E-state index is 9.71. The molecule has 7 atom stereocenters. The van der Waals surface area contributed by atoms with Crippen LogP contribution in [0.25, 0.3) is 0 Å². The average molecular weight is 234 g/mol. The van der Waals surface area contributed by atoms with Crippen molar-refractivity contribution in [3.05, 3.63) is 11.6 Å². The van der Waals surface area contributed by atoms with Gasteiger partial charge < -0.3 is 10.2 Å². The fourth-order valence-corrected chi connectivity index (χ4v) is 5.21. The van der Waals surface area contributed by atoms with Crippen LogP contribution in [0.1, 0.15) is 26.2 Å². The highest BCUT2D eigenvalue weighted by Crippen LogP contribution is 2.77. The van der Waals surface area contributed by atoms with Crippen molar-refractivity contribution in [2.24, 2.45) is 40.9 Å². The van der Waals surface area contributed by atoms with Crippen LogP contribution in [0.2, 0.25) is 0 Å². The van der Waals surface area contributed by atoms with E-state index in [1.165, 1.54) is 12.8 Å². The molecule has 0 radical (unpaired) electrons. The lowest BCUT2D eigenvalue weighted by Crippen LogP contribution is -2.38. The fourth-order valence-electron chi connectivity index (χ4n) is 5.21. The summed E-state index contributed by atoms with van der Waals surface area (Å²) in [6.07, 6.45) is 6.18. The van der Waals surface area contributed by atoms with Gasteiger partial charge in [0.25, 0.3) is 0 Å². The summed E-state index contributed by atoms with van der Waals surface area (Å²) in [5.41, 5.74) is 2.14. The molecule has 0 aromatic carbocycles. The lowest BCUT2D eigenvalue weighted by atomic mass is 9.63. The normalized spacial score (nSPS) is 58.6. The maximum Gasteiger partial charge on any atom is 0.0468 e. The molecule has 0 amide bonds. The zero-order valence-corrected chi connectivity index (χ0v) is 10.5. The van der Waals surface area contributed by atoms with Crippen molar-refractivity contribution in [2.75, 3.05) is 13.2 Å². The van der Waals surface area contributed by atoms with Gasteiger partial charge in [0.15, 0.2) is 0 Å². The van der Waals surface area contributed by atoms with Gasteiger partial charge in [-0.05, 0) is 60.2 Å². The number of hydrogen-bond donors (Lipinski definition) is 2. The van der Waals surface area contributed by atoms with Crippen LogP contribution in [0, 0.1) is 40.9 Å². The maximum absolute atomic E-state index is 9.71. The minimum absolute atomic E-state index is 0.239. The molecule has 0 aliphatic heterocycles. The van der Waals surface area contributed by atoms with Crippen molar-refractivity contribution in [2.45, 2.75) is 26.2 Å². The summed E-state index contributed by atoms with van der Waals surface area (Å²) in [6, 6.07) is 0. The Morgan fingerprint density at radius 3 is 2.82 bits per heavy atom. The average Bonchev–Trinajstić information content (AvgIpc) is 3.20. The molecule has 0 spiro atoms. The lowest BCUT2D eigenvalue weighted by Gasteiger charge is -2.42. The Morgan fingerprint density at radius 1 is 1.29 bits per heavy atom. The van der Waals surface area contributed by atoms with Gasteiger partial charge in [-0.15, -0.1) is 0 Å². The molecule has 94 valence electrons. The van der Waals surface area contributed by atoms with E-state index in [1.54, 1.807) is 5.57 Å². The molecule has 4 rings (SSSR count). The molecule has 0 saturated heterocycles. The second kappa shape index (κ2) is 3.16. The summed E-state index contributed by atoms with van der Waals surface area (Å²) in [6.45, 7) is 2.93. The number of rotatable bonds is 2. The smallest absolute Gasteiger partial charge is 0.0468 e. The minimum atomic E-state index is 0.239. The highest BCUT2D eigenvalue weighted by atomic mass is 16.3. The molecule has 0 aromatic heterocycles. The Balaban J connectivity index is 1.73. The van der Waals surface area contributed by atoms with Crippen LogP contribution < -0.4 is 0 Å². The predicted octanol–water partition coefficient (Wildman–Crippen LogP) is 1.83. The van der Waals surface area contributed by atoms with E-state index in [-0.39, 0.29) is 13.2 Å². The molecular weight excluding hydrogens is 212 g/mol. The Kier molecular flexibility index (Phi) is 1.96. The van der Waals surface area contributed by atoms with Gasteiger partial charge in [-0.2, -0.15) is 0 Å². The minimum Gasteiger partial charge on any atom is -0.396 e. The zero-order chi connectivity index (χ0) is 11.8. The summed E-state index contributed by atoms with van der Waals surface area (Å²) in [5, 5.41) is 19.2. The summed E-state index contributed by atoms with van der Waals surface area (Å²) in [5.74, 6) is 3.98. The second-order valence-electron chi connectivity index (χ2n) is 7.00. The van der Waals surface area contributed by atoms with Crippen LogP contribution in [-0.2, 0) is 0 Å². The molecule has 0 bridgehead atoms. The van der Waals surface area contributed by atoms with Gasteiger partial charge in [0, 0.05) is 13.2 Å².